The van der Waals surface area contributed by atoms with Crippen molar-refractivity contribution in [2.75, 3.05) is 13.7 Å². The number of rotatable bonds is 7. The van der Waals surface area contributed by atoms with E-state index >= 15 is 0 Å². The molecule has 0 radical (unpaired) electrons. The quantitative estimate of drug-likeness (QED) is 0.642. The summed E-state index contributed by atoms with van der Waals surface area (Å²) in [4.78, 5) is 30.4. The summed E-state index contributed by atoms with van der Waals surface area (Å²) >= 11 is 2.61. The van der Waals surface area contributed by atoms with Crippen LogP contribution in [0.1, 0.15) is 24.4 Å². The highest BCUT2D eigenvalue weighted by atomic mass is 32.2. The molecule has 9 nitrogen and oxygen atoms in total. The first-order valence-electron chi connectivity index (χ1n) is 9.00. The van der Waals surface area contributed by atoms with Gasteiger partial charge in [0, 0.05) is 6.54 Å². The van der Waals surface area contributed by atoms with Crippen LogP contribution in [0.2, 0.25) is 0 Å². The van der Waals surface area contributed by atoms with E-state index in [0.29, 0.717) is 38.8 Å². The maximum absolute atomic E-state index is 12.8. The normalized spacial score (nSPS) is 17.6. The summed E-state index contributed by atoms with van der Waals surface area (Å²) in [6, 6.07) is 5.03. The smallest absolute Gasteiger partial charge is 0.344 e. The Morgan fingerprint density at radius 3 is 2.73 bits per heavy atom. The van der Waals surface area contributed by atoms with E-state index in [-0.39, 0.29) is 5.91 Å². The number of ether oxygens (including phenoxy) is 2. The molecule has 1 unspecified atom stereocenters. The molecule has 1 N–H and O–H groups in total. The summed E-state index contributed by atoms with van der Waals surface area (Å²) < 4.78 is 10.7. The molecule has 0 spiro atoms. The maximum atomic E-state index is 12.8. The number of aryl methyl sites for hydroxylation is 1. The highest BCUT2D eigenvalue weighted by Gasteiger charge is 2.32. The predicted octanol–water partition coefficient (Wildman–Crippen LogP) is 3.33. The van der Waals surface area contributed by atoms with Gasteiger partial charge < -0.3 is 14.6 Å². The van der Waals surface area contributed by atoms with Crippen molar-refractivity contribution in [3.05, 3.63) is 33.7 Å². The lowest BCUT2D eigenvalue weighted by Crippen LogP contribution is -2.28. The van der Waals surface area contributed by atoms with Crippen LogP contribution < -0.4 is 9.47 Å². The Morgan fingerprint density at radius 2 is 2.13 bits per heavy atom. The largest absolute Gasteiger partial charge is 0.493 e. The summed E-state index contributed by atoms with van der Waals surface area (Å²) in [5.74, 6) is -0.544. The van der Waals surface area contributed by atoms with Crippen LogP contribution in [0.3, 0.4) is 0 Å². The Kier molecular flexibility index (Phi) is 6.73. The number of methoxy groups -OCH3 is 1. The number of hydrogen-bond donors (Lipinski definition) is 1. The standard InChI is InChI=1S/C19H20N4O5S2/c1-5-23-16(24)15(30-19(23)20-18-22-21-11(3)29-18)9-12-6-7-13(14(8-12)27-4)28-10(2)17(25)26/h6-10H,5H2,1-4H3,(H,25,26)/b15-9+,20-19+. The Hall–Kier alpha value is -2.92. The zero-order valence-electron chi connectivity index (χ0n) is 16.8. The zero-order chi connectivity index (χ0) is 21.8. The third-order valence-electron chi connectivity index (χ3n) is 4.05. The molecule has 2 aromatic rings. The number of carboxylic acid groups (broad SMARTS) is 1. The van der Waals surface area contributed by atoms with Gasteiger partial charge in [0.1, 0.15) is 5.01 Å². The average Bonchev–Trinajstić information content (AvgIpc) is 3.25. The first-order valence-corrected chi connectivity index (χ1v) is 10.6. The van der Waals surface area contributed by atoms with Crippen molar-refractivity contribution in [3.63, 3.8) is 0 Å². The van der Waals surface area contributed by atoms with Crippen molar-refractivity contribution in [1.29, 1.82) is 0 Å². The van der Waals surface area contributed by atoms with Crippen LogP contribution in [-0.4, -0.2) is 57.0 Å². The molecule has 1 amide bonds. The predicted molar refractivity (Wildman–Crippen MR) is 115 cm³/mol. The summed E-state index contributed by atoms with van der Waals surface area (Å²) in [5, 5.41) is 18.8. The Balaban J connectivity index is 1.87. The van der Waals surface area contributed by atoms with Crippen molar-refractivity contribution >= 4 is 51.4 Å². The molecule has 0 bridgehead atoms. The molecule has 1 aliphatic heterocycles. The third kappa shape index (κ3) is 4.79. The minimum Gasteiger partial charge on any atom is -0.493 e. The molecule has 158 valence electrons. The van der Waals surface area contributed by atoms with Gasteiger partial charge in [-0.2, -0.15) is 4.99 Å². The number of aliphatic imine (C=N–C) groups is 1. The topological polar surface area (TPSA) is 114 Å². The summed E-state index contributed by atoms with van der Waals surface area (Å²) in [6.45, 7) is 5.63. The first-order chi connectivity index (χ1) is 14.3. The van der Waals surface area contributed by atoms with Gasteiger partial charge in [0.05, 0.1) is 12.0 Å². The summed E-state index contributed by atoms with van der Waals surface area (Å²) in [6.07, 6.45) is 0.715. The zero-order valence-corrected chi connectivity index (χ0v) is 18.4. The van der Waals surface area contributed by atoms with Crippen LogP contribution >= 0.6 is 23.1 Å². The summed E-state index contributed by atoms with van der Waals surface area (Å²) in [5.41, 5.74) is 0.710. The lowest BCUT2D eigenvalue weighted by atomic mass is 10.2. The van der Waals surface area contributed by atoms with Crippen molar-refractivity contribution in [3.8, 4) is 11.5 Å². The van der Waals surface area contributed by atoms with E-state index in [1.807, 2.05) is 13.8 Å². The van der Waals surface area contributed by atoms with Crippen LogP contribution in [-0.2, 0) is 9.59 Å². The number of carbonyl (C=O) groups is 2. The Bertz CT molecular complexity index is 1030. The van der Waals surface area contributed by atoms with Gasteiger partial charge in [0.25, 0.3) is 5.91 Å². The van der Waals surface area contributed by atoms with Gasteiger partial charge in [0.15, 0.2) is 22.8 Å². The molecular weight excluding hydrogens is 428 g/mol. The van der Waals surface area contributed by atoms with E-state index < -0.39 is 12.1 Å². The Morgan fingerprint density at radius 1 is 1.37 bits per heavy atom. The van der Waals surface area contributed by atoms with Crippen LogP contribution in [0.4, 0.5) is 5.13 Å². The number of nitrogens with zero attached hydrogens (tertiary/aromatic N) is 4. The molecule has 0 saturated carbocycles. The number of carbonyl (C=O) groups excluding carboxylic acids is 1. The minimum atomic E-state index is -1.08. The van der Waals surface area contributed by atoms with Crippen LogP contribution in [0, 0.1) is 6.92 Å². The molecule has 30 heavy (non-hydrogen) atoms. The second kappa shape index (κ2) is 9.26. The molecule has 2 heterocycles. The van der Waals surface area contributed by atoms with Gasteiger partial charge >= 0.3 is 5.97 Å². The molecule has 1 atom stereocenters. The number of likely N-dealkylation sites (N-methyl/N-ethyl adjacent to an activating group) is 1. The van der Waals surface area contributed by atoms with Crippen LogP contribution in [0.15, 0.2) is 28.1 Å². The molecule has 11 heteroatoms. The van der Waals surface area contributed by atoms with Crippen LogP contribution in [0.25, 0.3) is 6.08 Å². The van der Waals surface area contributed by atoms with E-state index in [2.05, 4.69) is 15.2 Å². The van der Waals surface area contributed by atoms with Crippen molar-refractivity contribution < 1.29 is 24.2 Å². The number of amidine groups is 1. The lowest BCUT2D eigenvalue weighted by Gasteiger charge is -2.14. The fraction of sp³-hybridized carbons (Fsp3) is 0.316. The van der Waals surface area contributed by atoms with Gasteiger partial charge in [-0.15, -0.1) is 10.2 Å². The molecule has 0 aliphatic carbocycles. The fourth-order valence-electron chi connectivity index (χ4n) is 2.55. The number of thioether (sulfide) groups is 1. The van der Waals surface area contributed by atoms with Crippen LogP contribution in [0.5, 0.6) is 11.5 Å². The molecule has 3 rings (SSSR count). The summed E-state index contributed by atoms with van der Waals surface area (Å²) in [7, 11) is 1.47. The van der Waals surface area contributed by atoms with Gasteiger partial charge in [-0.05, 0) is 56.3 Å². The molecule has 1 aromatic heterocycles. The maximum Gasteiger partial charge on any atom is 0.344 e. The number of amides is 1. The van der Waals surface area contributed by atoms with Crippen molar-refractivity contribution in [1.82, 2.24) is 15.1 Å². The molecular formula is C19H20N4O5S2. The van der Waals surface area contributed by atoms with E-state index in [0.717, 1.165) is 5.01 Å². The van der Waals surface area contributed by atoms with Gasteiger partial charge in [-0.3, -0.25) is 9.69 Å². The number of aliphatic carboxylic acids is 1. The Labute approximate surface area is 181 Å². The molecule has 1 aromatic carbocycles. The second-order valence-corrected chi connectivity index (χ2v) is 8.34. The number of aromatic nitrogens is 2. The van der Waals surface area contributed by atoms with E-state index in [1.165, 1.54) is 37.1 Å². The van der Waals surface area contributed by atoms with Crippen molar-refractivity contribution in [2.45, 2.75) is 26.9 Å². The van der Waals surface area contributed by atoms with E-state index in [9.17, 15) is 9.59 Å². The third-order valence-corrected chi connectivity index (χ3v) is 5.79. The first kappa shape index (κ1) is 21.8. The molecule has 1 fully saturated rings. The molecule has 1 aliphatic rings. The lowest BCUT2D eigenvalue weighted by molar-refractivity contribution is -0.144. The fourth-order valence-corrected chi connectivity index (χ4v) is 4.21. The second-order valence-electron chi connectivity index (χ2n) is 6.17. The number of benzene rings is 1. The highest BCUT2D eigenvalue weighted by Crippen LogP contribution is 2.36. The van der Waals surface area contributed by atoms with Gasteiger partial charge in [-0.25, -0.2) is 4.79 Å². The molecule has 1 saturated heterocycles. The SMILES string of the molecule is CCN1C(=O)/C(=C\c2ccc(OC(C)C(=O)O)c(OC)c2)S/C1=N/c1nnc(C)s1. The highest BCUT2D eigenvalue weighted by molar-refractivity contribution is 8.18. The van der Waals surface area contributed by atoms with E-state index in [1.54, 1.807) is 29.2 Å². The van der Waals surface area contributed by atoms with E-state index in [4.69, 9.17) is 14.6 Å². The van der Waals surface area contributed by atoms with Crippen molar-refractivity contribution in [2.24, 2.45) is 4.99 Å². The average molecular weight is 449 g/mol. The monoisotopic (exact) mass is 448 g/mol. The number of carboxylic acids is 1. The minimum absolute atomic E-state index is 0.152. The number of hydrogen-bond acceptors (Lipinski definition) is 9. The van der Waals surface area contributed by atoms with Gasteiger partial charge in [-0.1, -0.05) is 17.4 Å². The van der Waals surface area contributed by atoms with Gasteiger partial charge in [0.2, 0.25) is 5.13 Å².